The molecule has 10 nitrogen and oxygen atoms in total. The Hall–Kier alpha value is -4.18. The summed E-state index contributed by atoms with van der Waals surface area (Å²) in [6.07, 6.45) is 5.53. The molecule has 45 heavy (non-hydrogen) atoms. The molecule has 10 heteroatoms. The van der Waals surface area contributed by atoms with Crippen LogP contribution in [0.3, 0.4) is 0 Å². The van der Waals surface area contributed by atoms with Gasteiger partial charge in [0.1, 0.15) is 30.0 Å². The highest BCUT2D eigenvalue weighted by molar-refractivity contribution is 5.96. The molecular formula is C35H45N5O5. The molecule has 4 heterocycles. The molecule has 0 spiro atoms. The molecule has 4 aliphatic heterocycles. The SMILES string of the molecule is CCC(C)C(C(=O)NC(Cc1ccccc1)C(=O)N1CCC2Oc3ccc(cc3)C=CNC(=O)C3CCCN3C(=O)C21)N(C)C. The van der Waals surface area contributed by atoms with Crippen molar-refractivity contribution in [1.29, 1.82) is 0 Å². The van der Waals surface area contributed by atoms with Crippen molar-refractivity contribution in [3.63, 3.8) is 0 Å². The number of rotatable bonds is 8. The third-order valence-electron chi connectivity index (χ3n) is 9.29. The van der Waals surface area contributed by atoms with Gasteiger partial charge in [-0.2, -0.15) is 0 Å². The van der Waals surface area contributed by atoms with E-state index in [1.165, 1.54) is 0 Å². The Bertz CT molecular complexity index is 1390. The zero-order valence-corrected chi connectivity index (χ0v) is 26.6. The van der Waals surface area contributed by atoms with Crippen LogP contribution < -0.4 is 15.4 Å². The fourth-order valence-corrected chi connectivity index (χ4v) is 6.78. The number of amides is 4. The van der Waals surface area contributed by atoms with Gasteiger partial charge in [0.05, 0.1) is 6.04 Å². The smallest absolute Gasteiger partial charge is 0.249 e. The van der Waals surface area contributed by atoms with Crippen LogP contribution in [0.4, 0.5) is 0 Å². The summed E-state index contributed by atoms with van der Waals surface area (Å²) < 4.78 is 6.40. The Morgan fingerprint density at radius 1 is 1.04 bits per heavy atom. The molecule has 2 aromatic carbocycles. The molecule has 0 aliphatic carbocycles. The van der Waals surface area contributed by atoms with Gasteiger partial charge in [0.15, 0.2) is 0 Å². The first kappa shape index (κ1) is 32.2. The van der Waals surface area contributed by atoms with Crippen LogP contribution in [-0.4, -0.2) is 95.8 Å². The number of ether oxygens (including phenoxy) is 1. The van der Waals surface area contributed by atoms with Crippen molar-refractivity contribution in [2.75, 3.05) is 27.2 Å². The number of benzene rings is 2. The minimum atomic E-state index is -0.946. The standard InChI is InChI=1S/C35H45N5O5/c1-5-23(2)30(38(3)4)33(42)37-27(22-25-10-7-6-8-11-25)34(43)40-21-18-29-31(40)35(44)39-20-9-12-28(39)32(41)36-19-17-24-13-15-26(45-29)16-14-24/h6-8,10-11,13-17,19,23,27-31H,5,9,12,18,20-22H2,1-4H3,(H,36,41)(H,37,42). The largest absolute Gasteiger partial charge is 0.488 e. The molecule has 6 atom stereocenters. The van der Waals surface area contributed by atoms with Crippen LogP contribution >= 0.6 is 0 Å². The monoisotopic (exact) mass is 615 g/mol. The van der Waals surface area contributed by atoms with E-state index in [9.17, 15) is 19.2 Å². The minimum Gasteiger partial charge on any atom is -0.488 e. The van der Waals surface area contributed by atoms with Gasteiger partial charge in [0, 0.05) is 32.1 Å². The van der Waals surface area contributed by atoms with Gasteiger partial charge in [-0.05, 0) is 62.2 Å². The predicted octanol–water partition coefficient (Wildman–Crippen LogP) is 2.83. The quantitative estimate of drug-likeness (QED) is 0.473. The molecule has 4 amide bonds. The van der Waals surface area contributed by atoms with E-state index in [0.29, 0.717) is 31.6 Å². The van der Waals surface area contributed by atoms with Gasteiger partial charge in [-0.1, -0.05) is 62.7 Å². The number of fused-ring (bicyclic) bond motifs is 4. The van der Waals surface area contributed by atoms with E-state index in [-0.39, 0.29) is 42.5 Å². The van der Waals surface area contributed by atoms with E-state index in [2.05, 4.69) is 10.6 Å². The van der Waals surface area contributed by atoms with E-state index >= 15 is 0 Å². The first-order valence-electron chi connectivity index (χ1n) is 16.0. The lowest BCUT2D eigenvalue weighted by Gasteiger charge is -2.35. The number of hydrogen-bond acceptors (Lipinski definition) is 6. The summed E-state index contributed by atoms with van der Waals surface area (Å²) in [6.45, 7) is 4.77. The van der Waals surface area contributed by atoms with Crippen LogP contribution in [0.25, 0.3) is 6.08 Å². The first-order chi connectivity index (χ1) is 21.7. The van der Waals surface area contributed by atoms with E-state index < -0.39 is 30.3 Å². The third kappa shape index (κ3) is 7.22. The molecule has 2 bridgehead atoms. The number of likely N-dealkylation sites (tertiary alicyclic amines) is 1. The third-order valence-corrected chi connectivity index (χ3v) is 9.29. The molecule has 0 aromatic heterocycles. The van der Waals surface area contributed by atoms with Crippen molar-refractivity contribution in [2.24, 2.45) is 5.92 Å². The van der Waals surface area contributed by atoms with Crippen molar-refractivity contribution < 1.29 is 23.9 Å². The first-order valence-corrected chi connectivity index (χ1v) is 16.0. The van der Waals surface area contributed by atoms with Crippen molar-refractivity contribution in [3.05, 3.63) is 71.9 Å². The van der Waals surface area contributed by atoms with Crippen LogP contribution in [0.5, 0.6) is 5.75 Å². The molecule has 240 valence electrons. The summed E-state index contributed by atoms with van der Waals surface area (Å²) in [5.41, 5.74) is 1.79. The second kappa shape index (κ2) is 14.3. The topological polar surface area (TPSA) is 111 Å². The second-order valence-electron chi connectivity index (χ2n) is 12.6. The molecule has 2 saturated heterocycles. The van der Waals surface area contributed by atoms with Gasteiger partial charge in [-0.25, -0.2) is 0 Å². The summed E-state index contributed by atoms with van der Waals surface area (Å²) in [6, 6.07) is 14.1. The molecular weight excluding hydrogens is 570 g/mol. The Morgan fingerprint density at radius 3 is 2.47 bits per heavy atom. The van der Waals surface area contributed by atoms with Gasteiger partial charge >= 0.3 is 0 Å². The zero-order chi connectivity index (χ0) is 32.1. The van der Waals surface area contributed by atoms with Crippen LogP contribution in [0.2, 0.25) is 0 Å². The zero-order valence-electron chi connectivity index (χ0n) is 26.6. The van der Waals surface area contributed by atoms with Gasteiger partial charge in [-0.15, -0.1) is 0 Å². The van der Waals surface area contributed by atoms with Gasteiger partial charge in [-0.3, -0.25) is 24.1 Å². The average molecular weight is 616 g/mol. The fourth-order valence-electron chi connectivity index (χ4n) is 6.78. The molecule has 0 radical (unpaired) electrons. The van der Waals surface area contributed by atoms with E-state index in [0.717, 1.165) is 17.5 Å². The molecule has 2 fully saturated rings. The lowest BCUT2D eigenvalue weighted by molar-refractivity contribution is -0.150. The second-order valence-corrected chi connectivity index (χ2v) is 12.6. The maximum absolute atomic E-state index is 14.6. The average Bonchev–Trinajstić information content (AvgIpc) is 3.69. The number of likely N-dealkylation sites (N-methyl/N-ethyl adjacent to an activating group) is 1. The van der Waals surface area contributed by atoms with Crippen molar-refractivity contribution in [1.82, 2.24) is 25.3 Å². The van der Waals surface area contributed by atoms with Gasteiger partial charge < -0.3 is 25.2 Å². The van der Waals surface area contributed by atoms with Crippen LogP contribution in [0.15, 0.2) is 60.8 Å². The number of carbonyl (C=O) groups is 4. The normalized spacial score (nSPS) is 23.4. The highest BCUT2D eigenvalue weighted by Crippen LogP contribution is 2.30. The highest BCUT2D eigenvalue weighted by atomic mass is 16.5. The van der Waals surface area contributed by atoms with Crippen LogP contribution in [0.1, 0.15) is 50.7 Å². The number of nitrogens with one attached hydrogen (secondary N) is 2. The molecule has 6 unspecified atom stereocenters. The van der Waals surface area contributed by atoms with Gasteiger partial charge in [0.2, 0.25) is 23.6 Å². The number of carbonyl (C=O) groups excluding carboxylic acids is 4. The summed E-state index contributed by atoms with van der Waals surface area (Å²) in [4.78, 5) is 60.9. The van der Waals surface area contributed by atoms with Crippen molar-refractivity contribution in [2.45, 2.75) is 76.2 Å². The van der Waals surface area contributed by atoms with Crippen LogP contribution in [-0.2, 0) is 25.6 Å². The highest BCUT2D eigenvalue weighted by Gasteiger charge is 2.49. The molecule has 2 aromatic rings. The molecule has 0 saturated carbocycles. The van der Waals surface area contributed by atoms with E-state index in [1.807, 2.05) is 87.4 Å². The summed E-state index contributed by atoms with van der Waals surface area (Å²) >= 11 is 0. The lowest BCUT2D eigenvalue weighted by Crippen LogP contribution is -2.60. The Balaban J connectivity index is 1.49. The summed E-state index contributed by atoms with van der Waals surface area (Å²) in [5, 5.41) is 5.91. The summed E-state index contributed by atoms with van der Waals surface area (Å²) in [5.74, 6) is -0.461. The molecule has 2 N–H and O–H groups in total. The Labute approximate surface area is 265 Å². The summed E-state index contributed by atoms with van der Waals surface area (Å²) in [7, 11) is 3.73. The predicted molar refractivity (Wildman–Crippen MR) is 172 cm³/mol. The minimum absolute atomic E-state index is 0.0673. The van der Waals surface area contributed by atoms with Crippen molar-refractivity contribution >= 4 is 29.7 Å². The van der Waals surface area contributed by atoms with E-state index in [4.69, 9.17) is 4.74 Å². The fraction of sp³-hybridized carbons (Fsp3) is 0.486. The Kier molecular flexibility index (Phi) is 10.2. The molecule has 4 aliphatic rings. The Morgan fingerprint density at radius 2 is 1.78 bits per heavy atom. The number of nitrogens with zero attached hydrogens (tertiary/aromatic N) is 3. The van der Waals surface area contributed by atoms with Gasteiger partial charge in [0.25, 0.3) is 0 Å². The van der Waals surface area contributed by atoms with Crippen LogP contribution in [0, 0.1) is 5.92 Å². The maximum Gasteiger partial charge on any atom is 0.249 e. The molecule has 6 rings (SSSR count). The maximum atomic E-state index is 14.6. The van der Waals surface area contributed by atoms with E-state index in [1.54, 1.807) is 22.1 Å². The lowest BCUT2D eigenvalue weighted by atomic mass is 9.96. The number of hydrogen-bond donors (Lipinski definition) is 2. The van der Waals surface area contributed by atoms with Crippen molar-refractivity contribution in [3.8, 4) is 5.75 Å².